The van der Waals surface area contributed by atoms with Crippen LogP contribution in [0.3, 0.4) is 0 Å². The van der Waals surface area contributed by atoms with Gasteiger partial charge >= 0.3 is 5.63 Å². The van der Waals surface area contributed by atoms with Crippen LogP contribution in [0.5, 0.6) is 5.75 Å². The SMILES string of the molecule is CCN(CC)C(=O)c1cc2ccc(O)cc2oc1=O. The topological polar surface area (TPSA) is 70.8 Å². The Labute approximate surface area is 110 Å². The maximum Gasteiger partial charge on any atom is 0.349 e. The summed E-state index contributed by atoms with van der Waals surface area (Å²) in [6.07, 6.45) is 0. The Morgan fingerprint density at radius 2 is 1.95 bits per heavy atom. The van der Waals surface area contributed by atoms with Crippen molar-refractivity contribution >= 4 is 16.9 Å². The number of benzene rings is 1. The van der Waals surface area contributed by atoms with E-state index < -0.39 is 5.63 Å². The second-order valence-electron chi connectivity index (χ2n) is 4.15. The molecule has 0 radical (unpaired) electrons. The Kier molecular flexibility index (Phi) is 3.55. The van der Waals surface area contributed by atoms with E-state index in [1.165, 1.54) is 18.2 Å². The van der Waals surface area contributed by atoms with Crippen LogP contribution >= 0.6 is 0 Å². The molecule has 1 heterocycles. The van der Waals surface area contributed by atoms with Crippen LogP contribution < -0.4 is 5.63 Å². The van der Waals surface area contributed by atoms with E-state index in [0.29, 0.717) is 18.5 Å². The van der Waals surface area contributed by atoms with Gasteiger partial charge in [0.15, 0.2) is 0 Å². The zero-order chi connectivity index (χ0) is 14.0. The van der Waals surface area contributed by atoms with Crippen LogP contribution in [-0.2, 0) is 0 Å². The van der Waals surface area contributed by atoms with Crippen LogP contribution in [0.2, 0.25) is 0 Å². The normalized spacial score (nSPS) is 10.6. The van der Waals surface area contributed by atoms with Crippen LogP contribution in [0.4, 0.5) is 0 Å². The number of carbonyl (C=O) groups is 1. The molecule has 1 amide bonds. The van der Waals surface area contributed by atoms with Gasteiger partial charge < -0.3 is 14.4 Å². The van der Waals surface area contributed by atoms with E-state index in [-0.39, 0.29) is 22.8 Å². The van der Waals surface area contributed by atoms with Gasteiger partial charge in [-0.15, -0.1) is 0 Å². The van der Waals surface area contributed by atoms with Crippen molar-refractivity contribution in [3.63, 3.8) is 0 Å². The van der Waals surface area contributed by atoms with Gasteiger partial charge in [0.25, 0.3) is 5.91 Å². The lowest BCUT2D eigenvalue weighted by Crippen LogP contribution is -2.33. The van der Waals surface area contributed by atoms with Crippen molar-refractivity contribution in [1.82, 2.24) is 4.90 Å². The molecule has 100 valence electrons. The molecule has 2 rings (SSSR count). The van der Waals surface area contributed by atoms with Crippen molar-refractivity contribution in [3.8, 4) is 5.75 Å². The molecular formula is C14H15NO4. The summed E-state index contributed by atoms with van der Waals surface area (Å²) < 4.78 is 5.07. The van der Waals surface area contributed by atoms with Gasteiger partial charge in [-0.1, -0.05) is 0 Å². The van der Waals surface area contributed by atoms with E-state index in [1.807, 2.05) is 13.8 Å². The predicted molar refractivity (Wildman–Crippen MR) is 71.4 cm³/mol. The van der Waals surface area contributed by atoms with Crippen molar-refractivity contribution in [3.05, 3.63) is 40.2 Å². The first-order chi connectivity index (χ1) is 9.06. The molecule has 0 saturated carbocycles. The molecular weight excluding hydrogens is 246 g/mol. The molecule has 0 aliphatic heterocycles. The summed E-state index contributed by atoms with van der Waals surface area (Å²) in [7, 11) is 0. The second kappa shape index (κ2) is 5.14. The Balaban J connectivity index is 2.56. The fraction of sp³-hybridized carbons (Fsp3) is 0.286. The smallest absolute Gasteiger partial charge is 0.349 e. The van der Waals surface area contributed by atoms with Gasteiger partial charge in [0.2, 0.25) is 0 Å². The summed E-state index contributed by atoms with van der Waals surface area (Å²) in [6.45, 7) is 4.76. The predicted octanol–water partition coefficient (Wildman–Crippen LogP) is 1.98. The van der Waals surface area contributed by atoms with Crippen molar-refractivity contribution in [2.75, 3.05) is 13.1 Å². The quantitative estimate of drug-likeness (QED) is 0.858. The van der Waals surface area contributed by atoms with Crippen LogP contribution in [0.15, 0.2) is 33.5 Å². The van der Waals surface area contributed by atoms with E-state index in [2.05, 4.69) is 0 Å². The van der Waals surface area contributed by atoms with Gasteiger partial charge in [-0.3, -0.25) is 4.79 Å². The Morgan fingerprint density at radius 3 is 2.58 bits per heavy atom. The van der Waals surface area contributed by atoms with Gasteiger partial charge in [-0.2, -0.15) is 0 Å². The molecule has 5 nitrogen and oxygen atoms in total. The maximum atomic E-state index is 12.2. The van der Waals surface area contributed by atoms with E-state index in [9.17, 15) is 14.7 Å². The summed E-state index contributed by atoms with van der Waals surface area (Å²) in [5, 5.41) is 9.93. The largest absolute Gasteiger partial charge is 0.508 e. The molecule has 0 aliphatic rings. The molecule has 0 fully saturated rings. The number of fused-ring (bicyclic) bond motifs is 1. The first-order valence-electron chi connectivity index (χ1n) is 6.13. The monoisotopic (exact) mass is 261 g/mol. The van der Waals surface area contributed by atoms with Crippen LogP contribution in [-0.4, -0.2) is 29.0 Å². The Bertz CT molecular complexity index is 671. The van der Waals surface area contributed by atoms with E-state index >= 15 is 0 Å². The molecule has 1 N–H and O–H groups in total. The minimum absolute atomic E-state index is 0.0125. The van der Waals surface area contributed by atoms with Crippen LogP contribution in [0.1, 0.15) is 24.2 Å². The lowest BCUT2D eigenvalue weighted by Gasteiger charge is -2.17. The highest BCUT2D eigenvalue weighted by atomic mass is 16.4. The molecule has 0 bridgehead atoms. The van der Waals surface area contributed by atoms with Crippen molar-refractivity contribution in [2.45, 2.75) is 13.8 Å². The van der Waals surface area contributed by atoms with Gasteiger partial charge in [-0.05, 0) is 32.0 Å². The van der Waals surface area contributed by atoms with Crippen LogP contribution in [0.25, 0.3) is 11.0 Å². The third kappa shape index (κ3) is 2.45. The third-order valence-electron chi connectivity index (χ3n) is 3.00. The van der Waals surface area contributed by atoms with Gasteiger partial charge in [0.05, 0.1) is 0 Å². The number of aromatic hydroxyl groups is 1. The fourth-order valence-corrected chi connectivity index (χ4v) is 1.93. The lowest BCUT2D eigenvalue weighted by atomic mass is 10.1. The summed E-state index contributed by atoms with van der Waals surface area (Å²) >= 11 is 0. The molecule has 0 atom stereocenters. The summed E-state index contributed by atoms with van der Waals surface area (Å²) in [5.74, 6) is -0.327. The summed E-state index contributed by atoms with van der Waals surface area (Å²) in [6, 6.07) is 5.93. The number of hydrogen-bond acceptors (Lipinski definition) is 4. The zero-order valence-corrected chi connectivity index (χ0v) is 10.8. The number of rotatable bonds is 3. The third-order valence-corrected chi connectivity index (χ3v) is 3.00. The molecule has 1 aromatic carbocycles. The van der Waals surface area contributed by atoms with E-state index in [1.54, 1.807) is 11.0 Å². The molecule has 5 heteroatoms. The van der Waals surface area contributed by atoms with E-state index in [4.69, 9.17) is 4.42 Å². The first kappa shape index (κ1) is 13.1. The number of amides is 1. The summed E-state index contributed by atoms with van der Waals surface area (Å²) in [4.78, 5) is 25.5. The number of phenols is 1. The summed E-state index contributed by atoms with van der Waals surface area (Å²) in [5.41, 5.74) is -0.405. The molecule has 0 saturated heterocycles. The highest BCUT2D eigenvalue weighted by molar-refractivity contribution is 5.96. The molecule has 1 aromatic heterocycles. The number of phenolic OH excluding ortho intramolecular Hbond substituents is 1. The van der Waals surface area contributed by atoms with Gasteiger partial charge in [-0.25, -0.2) is 4.79 Å². The minimum Gasteiger partial charge on any atom is -0.508 e. The molecule has 19 heavy (non-hydrogen) atoms. The van der Waals surface area contributed by atoms with Crippen LogP contribution in [0, 0.1) is 0 Å². The van der Waals surface area contributed by atoms with E-state index in [0.717, 1.165) is 0 Å². The van der Waals surface area contributed by atoms with Crippen molar-refractivity contribution in [1.29, 1.82) is 0 Å². The molecule has 2 aromatic rings. The lowest BCUT2D eigenvalue weighted by molar-refractivity contribution is 0.0769. The Morgan fingerprint density at radius 1 is 1.26 bits per heavy atom. The highest BCUT2D eigenvalue weighted by Crippen LogP contribution is 2.19. The number of nitrogens with zero attached hydrogens (tertiary/aromatic N) is 1. The van der Waals surface area contributed by atoms with Crippen molar-refractivity contribution < 1.29 is 14.3 Å². The van der Waals surface area contributed by atoms with Crippen molar-refractivity contribution in [2.24, 2.45) is 0 Å². The fourth-order valence-electron chi connectivity index (χ4n) is 1.93. The molecule has 0 aliphatic carbocycles. The number of hydrogen-bond donors (Lipinski definition) is 1. The minimum atomic E-state index is -0.685. The standard InChI is InChI=1S/C14H15NO4/c1-3-15(4-2)13(17)11-7-9-5-6-10(16)8-12(9)19-14(11)18/h5-8,16H,3-4H2,1-2H3. The average Bonchev–Trinajstić information content (AvgIpc) is 2.39. The zero-order valence-electron chi connectivity index (χ0n) is 10.8. The second-order valence-corrected chi connectivity index (χ2v) is 4.15. The maximum absolute atomic E-state index is 12.2. The molecule has 0 unspecified atom stereocenters. The van der Waals surface area contributed by atoms with Gasteiger partial charge in [0, 0.05) is 24.5 Å². The highest BCUT2D eigenvalue weighted by Gasteiger charge is 2.18. The number of carbonyl (C=O) groups excluding carboxylic acids is 1. The molecule has 0 spiro atoms. The average molecular weight is 261 g/mol. The first-order valence-corrected chi connectivity index (χ1v) is 6.13. The Hall–Kier alpha value is -2.30. The van der Waals surface area contributed by atoms with Gasteiger partial charge in [0.1, 0.15) is 16.9 Å².